The van der Waals surface area contributed by atoms with Gasteiger partial charge in [-0.15, -0.1) is 0 Å². The van der Waals surface area contributed by atoms with Crippen molar-refractivity contribution in [1.29, 1.82) is 0 Å². The molecule has 2 unspecified atom stereocenters. The first kappa shape index (κ1) is 12.4. The highest BCUT2D eigenvalue weighted by Crippen LogP contribution is 2.29. The van der Waals surface area contributed by atoms with Gasteiger partial charge in [0.2, 0.25) is 0 Å². The molecule has 0 aromatic heterocycles. The third-order valence-corrected chi connectivity index (χ3v) is 4.12. The smallest absolute Gasteiger partial charge is 0.269 e. The molecule has 2 aliphatic rings. The highest BCUT2D eigenvalue weighted by molar-refractivity contribution is 5.36. The van der Waals surface area contributed by atoms with Gasteiger partial charge in [-0.05, 0) is 44.4 Å². The third-order valence-electron chi connectivity index (χ3n) is 4.12. The number of rotatable bonds is 3. The molecule has 0 spiro atoms. The van der Waals surface area contributed by atoms with Gasteiger partial charge in [0.15, 0.2) is 0 Å². The van der Waals surface area contributed by atoms with Crippen LogP contribution in [-0.2, 0) is 0 Å². The molecule has 0 bridgehead atoms. The van der Waals surface area contributed by atoms with Crippen molar-refractivity contribution >= 4 is 5.69 Å². The molecule has 5 heteroatoms. The van der Waals surface area contributed by atoms with Crippen LogP contribution in [0.25, 0.3) is 0 Å². The minimum Gasteiger partial charge on any atom is -0.490 e. The van der Waals surface area contributed by atoms with Crippen molar-refractivity contribution in [1.82, 2.24) is 4.90 Å². The van der Waals surface area contributed by atoms with E-state index in [1.54, 1.807) is 12.1 Å². The maximum atomic E-state index is 10.6. The molecule has 0 saturated carbocycles. The molecular formula is C14H18N2O3. The Morgan fingerprint density at radius 1 is 1.21 bits per heavy atom. The largest absolute Gasteiger partial charge is 0.490 e. The Morgan fingerprint density at radius 3 is 2.74 bits per heavy atom. The Labute approximate surface area is 112 Å². The number of fused-ring (bicyclic) bond motifs is 1. The number of hydrogen-bond acceptors (Lipinski definition) is 4. The van der Waals surface area contributed by atoms with E-state index in [0.29, 0.717) is 6.04 Å². The number of nitro groups is 1. The van der Waals surface area contributed by atoms with Gasteiger partial charge in [0.25, 0.3) is 5.69 Å². The minimum atomic E-state index is -0.388. The summed E-state index contributed by atoms with van der Waals surface area (Å²) >= 11 is 0. The zero-order chi connectivity index (χ0) is 13.2. The average molecular weight is 262 g/mol. The van der Waals surface area contributed by atoms with Gasteiger partial charge in [-0.3, -0.25) is 10.1 Å². The van der Waals surface area contributed by atoms with Crippen molar-refractivity contribution < 1.29 is 9.66 Å². The van der Waals surface area contributed by atoms with Crippen LogP contribution < -0.4 is 4.74 Å². The number of non-ortho nitro benzene ring substituents is 1. The Morgan fingerprint density at radius 2 is 2.00 bits per heavy atom. The van der Waals surface area contributed by atoms with Crippen LogP contribution in [0.1, 0.15) is 25.7 Å². The van der Waals surface area contributed by atoms with Crippen LogP contribution in [0, 0.1) is 10.1 Å². The second-order valence-electron chi connectivity index (χ2n) is 5.35. The lowest BCUT2D eigenvalue weighted by atomic mass is 10.00. The predicted molar refractivity (Wildman–Crippen MR) is 71.3 cm³/mol. The molecule has 2 saturated heterocycles. The SMILES string of the molecule is O=[N+]([O-])c1ccc(OC2CCN3CCCC3C2)cc1. The quantitative estimate of drug-likeness (QED) is 0.620. The second-order valence-corrected chi connectivity index (χ2v) is 5.35. The van der Waals surface area contributed by atoms with Crippen LogP contribution >= 0.6 is 0 Å². The van der Waals surface area contributed by atoms with Crippen LogP contribution in [0.4, 0.5) is 5.69 Å². The Hall–Kier alpha value is -1.62. The monoisotopic (exact) mass is 262 g/mol. The van der Waals surface area contributed by atoms with Gasteiger partial charge >= 0.3 is 0 Å². The van der Waals surface area contributed by atoms with E-state index in [1.165, 1.54) is 31.5 Å². The van der Waals surface area contributed by atoms with Crippen LogP contribution in [0.3, 0.4) is 0 Å². The minimum absolute atomic E-state index is 0.109. The van der Waals surface area contributed by atoms with E-state index in [-0.39, 0.29) is 16.7 Å². The molecule has 0 radical (unpaired) electrons. The van der Waals surface area contributed by atoms with Crippen molar-refractivity contribution in [2.75, 3.05) is 13.1 Å². The van der Waals surface area contributed by atoms with Gasteiger partial charge in [-0.25, -0.2) is 0 Å². The zero-order valence-corrected chi connectivity index (χ0v) is 10.8. The topological polar surface area (TPSA) is 55.6 Å². The number of nitrogens with zero attached hydrogens (tertiary/aromatic N) is 2. The van der Waals surface area contributed by atoms with E-state index in [9.17, 15) is 10.1 Å². The molecule has 2 aliphatic heterocycles. The van der Waals surface area contributed by atoms with Crippen molar-refractivity contribution in [2.45, 2.75) is 37.8 Å². The van der Waals surface area contributed by atoms with E-state index < -0.39 is 0 Å². The summed E-state index contributed by atoms with van der Waals surface area (Å²) in [6.07, 6.45) is 4.96. The summed E-state index contributed by atoms with van der Waals surface area (Å²) in [7, 11) is 0. The molecule has 5 nitrogen and oxygen atoms in total. The first-order valence-corrected chi connectivity index (χ1v) is 6.87. The van der Waals surface area contributed by atoms with E-state index >= 15 is 0 Å². The fraction of sp³-hybridized carbons (Fsp3) is 0.571. The molecule has 2 atom stereocenters. The normalized spacial score (nSPS) is 26.9. The molecule has 1 aromatic rings. The molecule has 1 aromatic carbocycles. The van der Waals surface area contributed by atoms with E-state index in [1.807, 2.05) is 0 Å². The number of hydrogen-bond donors (Lipinski definition) is 0. The summed E-state index contributed by atoms with van der Waals surface area (Å²) < 4.78 is 5.95. The van der Waals surface area contributed by atoms with Gasteiger partial charge in [0.05, 0.1) is 4.92 Å². The number of piperidine rings is 1. The van der Waals surface area contributed by atoms with Crippen molar-refractivity contribution in [2.24, 2.45) is 0 Å². The van der Waals surface area contributed by atoms with Crippen molar-refractivity contribution in [3.63, 3.8) is 0 Å². The highest BCUT2D eigenvalue weighted by Gasteiger charge is 2.32. The molecule has 0 N–H and O–H groups in total. The average Bonchev–Trinajstić information content (AvgIpc) is 2.87. The van der Waals surface area contributed by atoms with Gasteiger partial charge in [0, 0.05) is 24.7 Å². The summed E-state index contributed by atoms with van der Waals surface area (Å²) in [6.45, 7) is 2.34. The summed E-state index contributed by atoms with van der Waals surface area (Å²) in [6, 6.07) is 7.06. The van der Waals surface area contributed by atoms with Gasteiger partial charge in [-0.1, -0.05) is 0 Å². The summed E-state index contributed by atoms with van der Waals surface area (Å²) in [5.74, 6) is 0.738. The molecule has 19 heavy (non-hydrogen) atoms. The maximum absolute atomic E-state index is 10.6. The van der Waals surface area contributed by atoms with Crippen LogP contribution in [0.5, 0.6) is 5.75 Å². The second kappa shape index (κ2) is 5.17. The zero-order valence-electron chi connectivity index (χ0n) is 10.8. The Kier molecular flexibility index (Phi) is 3.38. The van der Waals surface area contributed by atoms with E-state index in [4.69, 9.17) is 4.74 Å². The Bertz CT molecular complexity index is 460. The molecule has 0 amide bonds. The molecule has 2 heterocycles. The van der Waals surface area contributed by atoms with Crippen LogP contribution in [0.15, 0.2) is 24.3 Å². The number of benzene rings is 1. The maximum Gasteiger partial charge on any atom is 0.269 e. The molecular weight excluding hydrogens is 244 g/mol. The van der Waals surface area contributed by atoms with Crippen LogP contribution in [0.2, 0.25) is 0 Å². The lowest BCUT2D eigenvalue weighted by Crippen LogP contribution is -2.42. The molecule has 2 fully saturated rings. The predicted octanol–water partition coefficient (Wildman–Crippen LogP) is 2.60. The van der Waals surface area contributed by atoms with E-state index in [2.05, 4.69) is 4.90 Å². The van der Waals surface area contributed by atoms with Crippen molar-refractivity contribution in [3.05, 3.63) is 34.4 Å². The van der Waals surface area contributed by atoms with Gasteiger partial charge in [-0.2, -0.15) is 0 Å². The Balaban J connectivity index is 1.60. The van der Waals surface area contributed by atoms with Crippen LogP contribution in [-0.4, -0.2) is 35.1 Å². The molecule has 3 rings (SSSR count). The standard InChI is InChI=1S/C14H18N2O3/c17-16(18)11-3-5-13(6-4-11)19-14-7-9-15-8-1-2-12(15)10-14/h3-6,12,14H,1-2,7-10H2. The molecule has 102 valence electrons. The fourth-order valence-electron chi connectivity index (χ4n) is 3.13. The van der Waals surface area contributed by atoms with Gasteiger partial charge in [0.1, 0.15) is 11.9 Å². The lowest BCUT2D eigenvalue weighted by Gasteiger charge is -2.34. The van der Waals surface area contributed by atoms with Crippen molar-refractivity contribution in [3.8, 4) is 5.75 Å². The lowest BCUT2D eigenvalue weighted by molar-refractivity contribution is -0.384. The third kappa shape index (κ3) is 2.71. The fourth-order valence-corrected chi connectivity index (χ4v) is 3.13. The summed E-state index contributed by atoms with van der Waals surface area (Å²) in [5, 5.41) is 10.6. The first-order chi connectivity index (χ1) is 9.22. The summed E-state index contributed by atoms with van der Waals surface area (Å²) in [5.41, 5.74) is 0.109. The first-order valence-electron chi connectivity index (χ1n) is 6.87. The van der Waals surface area contributed by atoms with E-state index in [0.717, 1.165) is 25.1 Å². The number of nitro benzene ring substituents is 1. The number of ether oxygens (including phenoxy) is 1. The molecule has 0 aliphatic carbocycles. The van der Waals surface area contributed by atoms with Gasteiger partial charge < -0.3 is 9.64 Å². The summed E-state index contributed by atoms with van der Waals surface area (Å²) in [4.78, 5) is 12.7. The highest BCUT2D eigenvalue weighted by atomic mass is 16.6.